The van der Waals surface area contributed by atoms with E-state index < -0.39 is 0 Å². The van der Waals surface area contributed by atoms with Gasteiger partial charge in [-0.05, 0) is 25.6 Å². The van der Waals surface area contributed by atoms with E-state index in [0.29, 0.717) is 18.8 Å². The zero-order valence-electron chi connectivity index (χ0n) is 10.6. The average molecular weight is 262 g/mol. The number of hydrogen-bond donors (Lipinski definition) is 2. The fourth-order valence-electron chi connectivity index (χ4n) is 1.18. The first-order valence-electron chi connectivity index (χ1n) is 5.76. The van der Waals surface area contributed by atoms with Crippen molar-refractivity contribution in [3.05, 3.63) is 0 Å². The third kappa shape index (κ3) is 11.5. The summed E-state index contributed by atoms with van der Waals surface area (Å²) in [5, 5.41) is 5.58. The van der Waals surface area contributed by atoms with Crippen LogP contribution < -0.4 is 10.6 Å². The Balaban J connectivity index is 3.13. The second-order valence-corrected chi connectivity index (χ2v) is 4.67. The number of thioether (sulfide) groups is 1. The van der Waals surface area contributed by atoms with Crippen molar-refractivity contribution < 1.29 is 14.3 Å². The summed E-state index contributed by atoms with van der Waals surface area (Å²) in [4.78, 5) is 21.9. The standard InChI is InChI=1S/C11H22N2O3S/c1-12-8-10(14)13-9-17-7-5-3-4-6-11(15)16-2/h12H,3-9H2,1-2H3,(H,13,14). The normalized spacial score (nSPS) is 10.0. The molecular formula is C11H22N2O3S. The Morgan fingerprint density at radius 3 is 2.65 bits per heavy atom. The van der Waals surface area contributed by atoms with Crippen LogP contribution in [0.3, 0.4) is 0 Å². The van der Waals surface area contributed by atoms with Crippen LogP contribution in [0.15, 0.2) is 0 Å². The van der Waals surface area contributed by atoms with E-state index in [-0.39, 0.29) is 11.9 Å². The Morgan fingerprint density at radius 1 is 1.24 bits per heavy atom. The lowest BCUT2D eigenvalue weighted by molar-refractivity contribution is -0.140. The Kier molecular flexibility index (Phi) is 11.2. The minimum absolute atomic E-state index is 0.0192. The molecule has 17 heavy (non-hydrogen) atoms. The van der Waals surface area contributed by atoms with Crippen LogP contribution in [0, 0.1) is 0 Å². The van der Waals surface area contributed by atoms with Gasteiger partial charge in [-0.15, -0.1) is 11.8 Å². The van der Waals surface area contributed by atoms with Gasteiger partial charge in [-0.3, -0.25) is 9.59 Å². The molecule has 0 aromatic carbocycles. The number of carbonyl (C=O) groups excluding carboxylic acids is 2. The highest BCUT2D eigenvalue weighted by atomic mass is 32.2. The number of nitrogens with one attached hydrogen (secondary N) is 2. The SMILES string of the molecule is CNCC(=O)NCSCCCCCC(=O)OC. The fourth-order valence-corrected chi connectivity index (χ4v) is 1.99. The highest BCUT2D eigenvalue weighted by Crippen LogP contribution is 2.06. The number of rotatable bonds is 10. The molecule has 0 saturated heterocycles. The van der Waals surface area contributed by atoms with E-state index in [1.165, 1.54) is 7.11 Å². The molecule has 0 aromatic rings. The number of esters is 1. The van der Waals surface area contributed by atoms with Crippen molar-refractivity contribution in [3.63, 3.8) is 0 Å². The minimum atomic E-state index is -0.142. The van der Waals surface area contributed by atoms with Gasteiger partial charge in [0.1, 0.15) is 0 Å². The molecule has 0 rings (SSSR count). The van der Waals surface area contributed by atoms with Crippen LogP contribution in [0.5, 0.6) is 0 Å². The molecule has 0 aliphatic carbocycles. The number of methoxy groups -OCH3 is 1. The van der Waals surface area contributed by atoms with Gasteiger partial charge in [-0.1, -0.05) is 6.42 Å². The second kappa shape index (κ2) is 11.7. The average Bonchev–Trinajstić information content (AvgIpc) is 2.32. The molecule has 100 valence electrons. The highest BCUT2D eigenvalue weighted by Gasteiger charge is 2.00. The summed E-state index contributed by atoms with van der Waals surface area (Å²) in [5.41, 5.74) is 0. The Bertz CT molecular complexity index is 225. The first-order valence-corrected chi connectivity index (χ1v) is 6.92. The summed E-state index contributed by atoms with van der Waals surface area (Å²) in [7, 11) is 3.15. The Labute approximate surface area is 107 Å². The highest BCUT2D eigenvalue weighted by molar-refractivity contribution is 7.99. The summed E-state index contributed by atoms with van der Waals surface area (Å²) in [6, 6.07) is 0. The van der Waals surface area contributed by atoms with Crippen molar-refractivity contribution in [2.24, 2.45) is 0 Å². The molecule has 0 fully saturated rings. The monoisotopic (exact) mass is 262 g/mol. The number of unbranched alkanes of at least 4 members (excludes halogenated alkanes) is 2. The zero-order valence-corrected chi connectivity index (χ0v) is 11.4. The molecule has 0 saturated carbocycles. The molecule has 6 heteroatoms. The first kappa shape index (κ1) is 16.2. The summed E-state index contributed by atoms with van der Waals surface area (Å²) in [5.74, 6) is 1.53. The van der Waals surface area contributed by atoms with E-state index in [2.05, 4.69) is 15.4 Å². The summed E-state index contributed by atoms with van der Waals surface area (Å²) < 4.78 is 4.55. The molecule has 0 heterocycles. The minimum Gasteiger partial charge on any atom is -0.469 e. The molecule has 2 N–H and O–H groups in total. The molecule has 0 radical (unpaired) electrons. The van der Waals surface area contributed by atoms with Crippen LogP contribution in [0.4, 0.5) is 0 Å². The summed E-state index contributed by atoms with van der Waals surface area (Å²) in [6.07, 6.45) is 3.45. The van der Waals surface area contributed by atoms with Gasteiger partial charge < -0.3 is 15.4 Å². The number of carbonyl (C=O) groups is 2. The predicted octanol–water partition coefficient (Wildman–Crippen LogP) is 0.746. The van der Waals surface area contributed by atoms with Crippen LogP contribution in [0.2, 0.25) is 0 Å². The van der Waals surface area contributed by atoms with E-state index in [1.54, 1.807) is 18.8 Å². The molecule has 1 amide bonds. The van der Waals surface area contributed by atoms with Crippen molar-refractivity contribution in [3.8, 4) is 0 Å². The molecule has 0 aliphatic heterocycles. The maximum absolute atomic E-state index is 11.0. The van der Waals surface area contributed by atoms with Crippen molar-refractivity contribution in [1.82, 2.24) is 10.6 Å². The van der Waals surface area contributed by atoms with E-state index in [0.717, 1.165) is 25.0 Å². The lowest BCUT2D eigenvalue weighted by atomic mass is 10.2. The predicted molar refractivity (Wildman–Crippen MR) is 69.9 cm³/mol. The van der Waals surface area contributed by atoms with Gasteiger partial charge in [0.25, 0.3) is 0 Å². The van der Waals surface area contributed by atoms with E-state index >= 15 is 0 Å². The van der Waals surface area contributed by atoms with Crippen molar-refractivity contribution >= 4 is 23.6 Å². The number of hydrogen-bond acceptors (Lipinski definition) is 5. The van der Waals surface area contributed by atoms with Crippen LogP contribution in [-0.4, -0.2) is 44.2 Å². The first-order chi connectivity index (χ1) is 8.20. The number of ether oxygens (including phenoxy) is 1. The number of amides is 1. The van der Waals surface area contributed by atoms with Crippen molar-refractivity contribution in [2.75, 3.05) is 32.3 Å². The molecule has 0 spiro atoms. The Hall–Kier alpha value is -0.750. The summed E-state index contributed by atoms with van der Waals surface area (Å²) in [6.45, 7) is 0.361. The third-order valence-corrected chi connectivity index (χ3v) is 3.03. The van der Waals surface area contributed by atoms with Crippen molar-refractivity contribution in [1.29, 1.82) is 0 Å². The molecule has 0 unspecified atom stereocenters. The zero-order chi connectivity index (χ0) is 12.9. The fraction of sp³-hybridized carbons (Fsp3) is 0.818. The molecule has 0 aliphatic rings. The summed E-state index contributed by atoms with van der Waals surface area (Å²) >= 11 is 1.70. The maximum atomic E-state index is 11.0. The largest absolute Gasteiger partial charge is 0.469 e. The smallest absolute Gasteiger partial charge is 0.305 e. The van der Waals surface area contributed by atoms with Gasteiger partial charge in [-0.25, -0.2) is 0 Å². The quantitative estimate of drug-likeness (QED) is 0.345. The van der Waals surface area contributed by atoms with Crippen molar-refractivity contribution in [2.45, 2.75) is 25.7 Å². The third-order valence-electron chi connectivity index (χ3n) is 2.11. The van der Waals surface area contributed by atoms with Gasteiger partial charge >= 0.3 is 5.97 Å². The van der Waals surface area contributed by atoms with E-state index in [1.807, 2.05) is 0 Å². The van der Waals surface area contributed by atoms with Crippen LogP contribution in [0.25, 0.3) is 0 Å². The lowest BCUT2D eigenvalue weighted by Crippen LogP contribution is -2.31. The number of likely N-dealkylation sites (N-methyl/N-ethyl adjacent to an activating group) is 1. The Morgan fingerprint density at radius 2 is 2.00 bits per heavy atom. The maximum Gasteiger partial charge on any atom is 0.305 e. The molecule has 0 aromatic heterocycles. The lowest BCUT2D eigenvalue weighted by Gasteiger charge is -2.04. The van der Waals surface area contributed by atoms with E-state index in [4.69, 9.17) is 0 Å². The molecular weight excluding hydrogens is 240 g/mol. The van der Waals surface area contributed by atoms with E-state index in [9.17, 15) is 9.59 Å². The molecule has 5 nitrogen and oxygen atoms in total. The topological polar surface area (TPSA) is 67.4 Å². The van der Waals surface area contributed by atoms with Gasteiger partial charge in [0, 0.05) is 6.42 Å². The van der Waals surface area contributed by atoms with Crippen LogP contribution >= 0.6 is 11.8 Å². The molecule has 0 atom stereocenters. The van der Waals surface area contributed by atoms with Gasteiger partial charge in [0.05, 0.1) is 19.5 Å². The van der Waals surface area contributed by atoms with Crippen LogP contribution in [-0.2, 0) is 14.3 Å². The van der Waals surface area contributed by atoms with Gasteiger partial charge in [0.2, 0.25) is 5.91 Å². The van der Waals surface area contributed by atoms with Gasteiger partial charge in [0.15, 0.2) is 0 Å². The molecule has 0 bridgehead atoms. The van der Waals surface area contributed by atoms with Crippen LogP contribution in [0.1, 0.15) is 25.7 Å². The van der Waals surface area contributed by atoms with Gasteiger partial charge in [-0.2, -0.15) is 0 Å². The second-order valence-electron chi connectivity index (χ2n) is 3.57.